The lowest BCUT2D eigenvalue weighted by Gasteiger charge is -2.24. The summed E-state index contributed by atoms with van der Waals surface area (Å²) < 4.78 is 5.72. The Morgan fingerprint density at radius 3 is 2.64 bits per heavy atom. The summed E-state index contributed by atoms with van der Waals surface area (Å²) in [5, 5.41) is 0. The van der Waals surface area contributed by atoms with Crippen molar-refractivity contribution in [1.82, 2.24) is 9.88 Å². The van der Waals surface area contributed by atoms with Gasteiger partial charge in [0.2, 0.25) is 11.8 Å². The van der Waals surface area contributed by atoms with Gasteiger partial charge in [0.25, 0.3) is 0 Å². The first-order chi connectivity index (χ1) is 10.6. The van der Waals surface area contributed by atoms with E-state index in [1.165, 1.54) is 12.8 Å². The van der Waals surface area contributed by atoms with E-state index in [0.717, 1.165) is 29.9 Å². The fourth-order valence-electron chi connectivity index (χ4n) is 3.06. The second kappa shape index (κ2) is 6.34. The standard InChI is InChI=1S/C18H22N2O2/c1-13-16(12-17(21)20(2)15-10-6-7-11-15)19-18(22-13)14-8-4-3-5-9-14/h3-5,8-9,15H,6-7,10-12H2,1-2H3. The van der Waals surface area contributed by atoms with Gasteiger partial charge < -0.3 is 9.32 Å². The fraction of sp³-hybridized carbons (Fsp3) is 0.444. The minimum Gasteiger partial charge on any atom is -0.441 e. The maximum atomic E-state index is 12.4. The van der Waals surface area contributed by atoms with E-state index < -0.39 is 0 Å². The monoisotopic (exact) mass is 298 g/mol. The van der Waals surface area contributed by atoms with E-state index in [1.807, 2.05) is 49.2 Å². The van der Waals surface area contributed by atoms with Crippen LogP contribution in [0.1, 0.15) is 37.1 Å². The lowest BCUT2D eigenvalue weighted by atomic mass is 10.2. The van der Waals surface area contributed by atoms with Gasteiger partial charge in [0, 0.05) is 18.7 Å². The number of carbonyl (C=O) groups is 1. The molecule has 1 aromatic carbocycles. The first-order valence-corrected chi connectivity index (χ1v) is 7.92. The van der Waals surface area contributed by atoms with Crippen LogP contribution in [0, 0.1) is 6.92 Å². The zero-order chi connectivity index (χ0) is 15.5. The lowest BCUT2D eigenvalue weighted by molar-refractivity contribution is -0.131. The molecule has 1 saturated carbocycles. The third kappa shape index (κ3) is 3.06. The molecule has 0 saturated heterocycles. The summed E-state index contributed by atoms with van der Waals surface area (Å²) in [6.45, 7) is 1.87. The number of carbonyl (C=O) groups excluding carboxylic acids is 1. The molecule has 1 heterocycles. The molecule has 0 spiro atoms. The minimum absolute atomic E-state index is 0.128. The number of hydrogen-bond acceptors (Lipinski definition) is 3. The summed E-state index contributed by atoms with van der Waals surface area (Å²) in [6, 6.07) is 10.2. The van der Waals surface area contributed by atoms with Crippen molar-refractivity contribution in [3.8, 4) is 11.5 Å². The Morgan fingerprint density at radius 2 is 1.95 bits per heavy atom. The van der Waals surface area contributed by atoms with Crippen LogP contribution >= 0.6 is 0 Å². The number of nitrogens with zero attached hydrogens (tertiary/aromatic N) is 2. The van der Waals surface area contributed by atoms with Gasteiger partial charge in [-0.05, 0) is 31.9 Å². The molecule has 22 heavy (non-hydrogen) atoms. The number of hydrogen-bond donors (Lipinski definition) is 0. The molecule has 0 atom stereocenters. The van der Waals surface area contributed by atoms with Crippen LogP contribution in [0.2, 0.25) is 0 Å². The van der Waals surface area contributed by atoms with Crippen molar-refractivity contribution in [2.75, 3.05) is 7.05 Å². The zero-order valence-electron chi connectivity index (χ0n) is 13.2. The van der Waals surface area contributed by atoms with Gasteiger partial charge in [-0.1, -0.05) is 31.0 Å². The Balaban J connectivity index is 1.72. The van der Waals surface area contributed by atoms with Gasteiger partial charge >= 0.3 is 0 Å². The molecule has 2 aromatic rings. The van der Waals surface area contributed by atoms with Crippen LogP contribution in [-0.2, 0) is 11.2 Å². The van der Waals surface area contributed by atoms with Gasteiger partial charge in [-0.15, -0.1) is 0 Å². The van der Waals surface area contributed by atoms with Crippen LogP contribution in [0.25, 0.3) is 11.5 Å². The molecule has 116 valence electrons. The molecular weight excluding hydrogens is 276 g/mol. The molecule has 0 aliphatic heterocycles. The predicted molar refractivity (Wildman–Crippen MR) is 85.4 cm³/mol. The van der Waals surface area contributed by atoms with Crippen LogP contribution < -0.4 is 0 Å². The van der Waals surface area contributed by atoms with Gasteiger partial charge in [-0.3, -0.25) is 4.79 Å². The number of oxazole rings is 1. The van der Waals surface area contributed by atoms with Gasteiger partial charge in [0.05, 0.1) is 12.1 Å². The van der Waals surface area contributed by atoms with Crippen LogP contribution in [0.3, 0.4) is 0 Å². The zero-order valence-corrected chi connectivity index (χ0v) is 13.2. The second-order valence-corrected chi connectivity index (χ2v) is 6.01. The molecule has 4 nitrogen and oxygen atoms in total. The van der Waals surface area contributed by atoms with E-state index in [0.29, 0.717) is 18.4 Å². The largest absolute Gasteiger partial charge is 0.441 e. The van der Waals surface area contributed by atoms with Crippen LogP contribution in [0.4, 0.5) is 0 Å². The smallest absolute Gasteiger partial charge is 0.228 e. The topological polar surface area (TPSA) is 46.3 Å². The molecule has 1 aliphatic rings. The first-order valence-electron chi connectivity index (χ1n) is 7.92. The molecule has 1 fully saturated rings. The maximum Gasteiger partial charge on any atom is 0.228 e. The van der Waals surface area contributed by atoms with E-state index in [4.69, 9.17) is 4.42 Å². The van der Waals surface area contributed by atoms with Crippen molar-refractivity contribution in [3.05, 3.63) is 41.8 Å². The molecule has 3 rings (SSSR count). The van der Waals surface area contributed by atoms with Crippen molar-refractivity contribution >= 4 is 5.91 Å². The average molecular weight is 298 g/mol. The van der Waals surface area contributed by atoms with Crippen molar-refractivity contribution in [2.45, 2.75) is 45.1 Å². The van der Waals surface area contributed by atoms with E-state index in [-0.39, 0.29) is 5.91 Å². The Labute approximate surface area is 131 Å². The summed E-state index contributed by atoms with van der Waals surface area (Å²) in [7, 11) is 1.91. The molecule has 1 amide bonds. The minimum atomic E-state index is 0.128. The van der Waals surface area contributed by atoms with Crippen molar-refractivity contribution < 1.29 is 9.21 Å². The normalized spacial score (nSPS) is 15.2. The highest BCUT2D eigenvalue weighted by Crippen LogP contribution is 2.25. The number of likely N-dealkylation sites (N-methyl/N-ethyl adjacent to an activating group) is 1. The third-order valence-electron chi connectivity index (χ3n) is 4.50. The highest BCUT2D eigenvalue weighted by Gasteiger charge is 2.24. The van der Waals surface area contributed by atoms with Crippen molar-refractivity contribution in [3.63, 3.8) is 0 Å². The number of aryl methyl sites for hydroxylation is 1. The highest BCUT2D eigenvalue weighted by atomic mass is 16.4. The van der Waals surface area contributed by atoms with Crippen molar-refractivity contribution in [2.24, 2.45) is 0 Å². The number of amides is 1. The molecule has 4 heteroatoms. The maximum absolute atomic E-state index is 12.4. The summed E-state index contributed by atoms with van der Waals surface area (Å²) in [5.41, 5.74) is 1.68. The summed E-state index contributed by atoms with van der Waals surface area (Å²) in [5.74, 6) is 1.44. The molecule has 1 aromatic heterocycles. The molecule has 0 unspecified atom stereocenters. The third-order valence-corrected chi connectivity index (χ3v) is 4.50. The van der Waals surface area contributed by atoms with E-state index in [9.17, 15) is 4.79 Å². The Hall–Kier alpha value is -2.10. The van der Waals surface area contributed by atoms with Crippen LogP contribution in [-0.4, -0.2) is 28.9 Å². The summed E-state index contributed by atoms with van der Waals surface area (Å²) in [4.78, 5) is 18.8. The number of benzene rings is 1. The van der Waals surface area contributed by atoms with Gasteiger partial charge in [0.15, 0.2) is 0 Å². The SMILES string of the molecule is Cc1oc(-c2ccccc2)nc1CC(=O)N(C)C1CCCC1. The Morgan fingerprint density at radius 1 is 1.27 bits per heavy atom. The number of aromatic nitrogens is 1. The summed E-state index contributed by atoms with van der Waals surface area (Å²) >= 11 is 0. The van der Waals surface area contributed by atoms with Gasteiger partial charge in [0.1, 0.15) is 5.76 Å². The predicted octanol–water partition coefficient (Wildman–Crippen LogP) is 3.59. The Kier molecular flexibility index (Phi) is 4.27. The molecular formula is C18H22N2O2. The first kappa shape index (κ1) is 14.8. The molecule has 0 bridgehead atoms. The van der Waals surface area contributed by atoms with Gasteiger partial charge in [-0.25, -0.2) is 4.98 Å². The number of rotatable bonds is 4. The van der Waals surface area contributed by atoms with Crippen molar-refractivity contribution in [1.29, 1.82) is 0 Å². The second-order valence-electron chi connectivity index (χ2n) is 6.01. The molecule has 0 N–H and O–H groups in total. The van der Waals surface area contributed by atoms with E-state index >= 15 is 0 Å². The molecule has 0 radical (unpaired) electrons. The lowest BCUT2D eigenvalue weighted by Crippen LogP contribution is -2.36. The van der Waals surface area contributed by atoms with Crippen LogP contribution in [0.5, 0.6) is 0 Å². The van der Waals surface area contributed by atoms with Gasteiger partial charge in [-0.2, -0.15) is 0 Å². The Bertz CT molecular complexity index is 642. The molecule has 1 aliphatic carbocycles. The fourth-order valence-corrected chi connectivity index (χ4v) is 3.06. The highest BCUT2D eigenvalue weighted by molar-refractivity contribution is 5.78. The quantitative estimate of drug-likeness (QED) is 0.866. The average Bonchev–Trinajstić information content (AvgIpc) is 3.18. The van der Waals surface area contributed by atoms with E-state index in [2.05, 4.69) is 4.98 Å². The van der Waals surface area contributed by atoms with E-state index in [1.54, 1.807) is 0 Å². The van der Waals surface area contributed by atoms with Crippen LogP contribution in [0.15, 0.2) is 34.7 Å². The summed E-state index contributed by atoms with van der Waals surface area (Å²) in [6.07, 6.45) is 5.01.